The average molecular weight is 457 g/mol. The van der Waals surface area contributed by atoms with Gasteiger partial charge in [0.25, 0.3) is 0 Å². The van der Waals surface area contributed by atoms with Gasteiger partial charge in [0.2, 0.25) is 0 Å². The summed E-state index contributed by atoms with van der Waals surface area (Å²) in [6, 6.07) is 1.86. The normalized spacial score (nSPS) is 21.2. The van der Waals surface area contributed by atoms with Crippen molar-refractivity contribution >= 4 is 17.6 Å². The molecule has 3 heterocycles. The lowest BCUT2D eigenvalue weighted by atomic mass is 10.1. The minimum absolute atomic E-state index is 0.143. The molecule has 0 aromatic carbocycles. The van der Waals surface area contributed by atoms with Crippen LogP contribution in [0.1, 0.15) is 38.8 Å². The number of halogens is 1. The number of allylic oxidation sites excluding steroid dienone is 4. The number of rotatable bonds is 7. The number of anilines is 1. The van der Waals surface area contributed by atoms with E-state index in [1.165, 1.54) is 18.5 Å². The Morgan fingerprint density at radius 2 is 2.06 bits per heavy atom. The molecule has 33 heavy (non-hydrogen) atoms. The van der Waals surface area contributed by atoms with Gasteiger partial charge in [0.15, 0.2) is 11.6 Å². The number of carbonyl (C=O) groups excluding carboxylic acids is 1. The quantitative estimate of drug-likeness (QED) is 0.497. The standard InChI is InChI=1S/C23H29FN6O3/c1-4-20(33-23(3)6-7-23)17(24)12-16-13-19(28-27-16)18-14-21(26-15-25-18)29-8-10-30(11-9-29)22(31)32-5-2/h4,12,14-15,27H,1,5-11,13H2,2-3H3/b16-12+,20-17-. The first-order chi connectivity index (χ1) is 15.9. The number of ether oxygens (including phenoxy) is 2. The van der Waals surface area contributed by atoms with Crippen molar-refractivity contribution in [3.8, 4) is 0 Å². The van der Waals surface area contributed by atoms with Gasteiger partial charge in [-0.15, -0.1) is 0 Å². The fraction of sp³-hybridized carbons (Fsp3) is 0.478. The Morgan fingerprint density at radius 1 is 1.30 bits per heavy atom. The van der Waals surface area contributed by atoms with Gasteiger partial charge in [-0.25, -0.2) is 19.2 Å². The Bertz CT molecular complexity index is 1010. The van der Waals surface area contributed by atoms with E-state index in [0.717, 1.165) is 18.7 Å². The fourth-order valence-electron chi connectivity index (χ4n) is 3.60. The average Bonchev–Trinajstić information content (AvgIpc) is 3.37. The van der Waals surface area contributed by atoms with Crippen molar-refractivity contribution in [3.63, 3.8) is 0 Å². The van der Waals surface area contributed by atoms with E-state index in [1.54, 1.807) is 11.8 Å². The summed E-state index contributed by atoms with van der Waals surface area (Å²) in [6.07, 6.45) is 6.21. The maximum Gasteiger partial charge on any atom is 0.409 e. The van der Waals surface area contributed by atoms with Crippen LogP contribution in [0.4, 0.5) is 15.0 Å². The molecule has 1 saturated heterocycles. The third-order valence-corrected chi connectivity index (χ3v) is 5.80. The van der Waals surface area contributed by atoms with E-state index in [2.05, 4.69) is 32.0 Å². The fourth-order valence-corrected chi connectivity index (χ4v) is 3.60. The first kappa shape index (κ1) is 22.8. The van der Waals surface area contributed by atoms with Gasteiger partial charge in [-0.05, 0) is 38.8 Å². The van der Waals surface area contributed by atoms with Crippen LogP contribution >= 0.6 is 0 Å². The summed E-state index contributed by atoms with van der Waals surface area (Å²) in [4.78, 5) is 24.4. The highest BCUT2D eigenvalue weighted by Crippen LogP contribution is 2.41. The summed E-state index contributed by atoms with van der Waals surface area (Å²) in [6.45, 7) is 10.2. The van der Waals surface area contributed by atoms with Crippen LogP contribution in [0.15, 0.2) is 53.5 Å². The molecule has 1 saturated carbocycles. The number of nitrogens with one attached hydrogen (secondary N) is 1. The van der Waals surface area contributed by atoms with Crippen molar-refractivity contribution in [2.75, 3.05) is 37.7 Å². The van der Waals surface area contributed by atoms with Crippen LogP contribution in [0.25, 0.3) is 0 Å². The van der Waals surface area contributed by atoms with Crippen molar-refractivity contribution in [2.45, 2.75) is 38.7 Å². The van der Waals surface area contributed by atoms with Gasteiger partial charge >= 0.3 is 6.09 Å². The Hall–Kier alpha value is -3.43. The van der Waals surface area contributed by atoms with E-state index in [4.69, 9.17) is 9.47 Å². The molecule has 0 atom stereocenters. The van der Waals surface area contributed by atoms with Crippen LogP contribution in [-0.4, -0.2) is 65.1 Å². The highest BCUT2D eigenvalue weighted by atomic mass is 19.1. The molecule has 2 fully saturated rings. The van der Waals surface area contributed by atoms with Gasteiger partial charge in [0.05, 0.1) is 18.0 Å². The van der Waals surface area contributed by atoms with Crippen molar-refractivity contribution < 1.29 is 18.7 Å². The zero-order valence-electron chi connectivity index (χ0n) is 19.0. The topological polar surface area (TPSA) is 92.2 Å². The smallest absolute Gasteiger partial charge is 0.409 e. The molecule has 0 radical (unpaired) electrons. The Labute approximate surface area is 192 Å². The van der Waals surface area contributed by atoms with Crippen molar-refractivity contribution in [1.82, 2.24) is 20.3 Å². The van der Waals surface area contributed by atoms with E-state index < -0.39 is 5.83 Å². The third-order valence-electron chi connectivity index (χ3n) is 5.80. The monoisotopic (exact) mass is 456 g/mol. The van der Waals surface area contributed by atoms with E-state index >= 15 is 0 Å². The van der Waals surface area contributed by atoms with E-state index in [9.17, 15) is 9.18 Å². The number of amides is 1. The minimum atomic E-state index is -0.486. The van der Waals surface area contributed by atoms with E-state index in [1.807, 2.05) is 13.0 Å². The molecule has 0 unspecified atom stereocenters. The van der Waals surface area contributed by atoms with Gasteiger partial charge in [-0.3, -0.25) is 5.43 Å². The minimum Gasteiger partial charge on any atom is -0.485 e. The zero-order chi connectivity index (χ0) is 23.4. The van der Waals surface area contributed by atoms with Crippen LogP contribution in [0.5, 0.6) is 0 Å². The molecule has 3 aliphatic rings. The van der Waals surface area contributed by atoms with Gasteiger partial charge in [-0.1, -0.05) is 6.58 Å². The number of nitrogens with zero attached hydrogens (tertiary/aromatic N) is 5. The summed E-state index contributed by atoms with van der Waals surface area (Å²) >= 11 is 0. The number of aromatic nitrogens is 2. The molecule has 4 rings (SSSR count). The zero-order valence-corrected chi connectivity index (χ0v) is 19.0. The van der Waals surface area contributed by atoms with Crippen LogP contribution in [0.2, 0.25) is 0 Å². The lowest BCUT2D eigenvalue weighted by Crippen LogP contribution is -2.49. The SMILES string of the molecule is C=C/C(OC1(C)CC1)=C(F)\C=C1/CC(c2cc(N3CCN(C(=O)OCC)CC3)ncn2)=NN1. The second-order valence-corrected chi connectivity index (χ2v) is 8.42. The highest BCUT2D eigenvalue weighted by Gasteiger charge is 2.40. The van der Waals surface area contributed by atoms with Crippen LogP contribution in [-0.2, 0) is 9.47 Å². The maximum absolute atomic E-state index is 14.7. The third kappa shape index (κ3) is 5.50. The molecule has 2 aliphatic heterocycles. The number of carbonyl (C=O) groups is 1. The Kier molecular flexibility index (Phi) is 6.62. The van der Waals surface area contributed by atoms with Crippen molar-refractivity contribution in [2.24, 2.45) is 5.10 Å². The predicted molar refractivity (Wildman–Crippen MR) is 122 cm³/mol. The van der Waals surface area contributed by atoms with Gasteiger partial charge in [0.1, 0.15) is 17.7 Å². The molecule has 0 bridgehead atoms. The molecule has 10 heteroatoms. The first-order valence-electron chi connectivity index (χ1n) is 11.1. The van der Waals surface area contributed by atoms with Crippen LogP contribution in [0, 0.1) is 0 Å². The van der Waals surface area contributed by atoms with Crippen molar-refractivity contribution in [3.05, 3.63) is 54.1 Å². The van der Waals surface area contributed by atoms with Crippen LogP contribution < -0.4 is 10.3 Å². The van der Waals surface area contributed by atoms with Crippen molar-refractivity contribution in [1.29, 1.82) is 0 Å². The van der Waals surface area contributed by atoms with E-state index in [0.29, 0.717) is 56.3 Å². The highest BCUT2D eigenvalue weighted by molar-refractivity contribution is 6.02. The van der Waals surface area contributed by atoms with E-state index in [-0.39, 0.29) is 17.5 Å². The Balaban J connectivity index is 1.39. The Morgan fingerprint density at radius 3 is 2.73 bits per heavy atom. The molecular weight excluding hydrogens is 427 g/mol. The lowest BCUT2D eigenvalue weighted by molar-refractivity contribution is 0.105. The lowest BCUT2D eigenvalue weighted by Gasteiger charge is -2.34. The summed E-state index contributed by atoms with van der Waals surface area (Å²) in [5, 5.41) is 4.32. The molecular formula is C23H29FN6O3. The molecule has 1 aliphatic carbocycles. The second kappa shape index (κ2) is 9.60. The number of hydrogen-bond donors (Lipinski definition) is 1. The number of piperazine rings is 1. The molecule has 176 valence electrons. The predicted octanol–water partition coefficient (Wildman–Crippen LogP) is 3.27. The summed E-state index contributed by atoms with van der Waals surface area (Å²) in [5.41, 5.74) is 4.55. The van der Waals surface area contributed by atoms with Gasteiger partial charge in [0, 0.05) is 44.4 Å². The largest absolute Gasteiger partial charge is 0.485 e. The molecule has 1 amide bonds. The summed E-state index contributed by atoms with van der Waals surface area (Å²) in [7, 11) is 0. The molecule has 1 aromatic rings. The molecule has 0 spiro atoms. The molecule has 9 nitrogen and oxygen atoms in total. The van der Waals surface area contributed by atoms with Gasteiger partial charge < -0.3 is 19.3 Å². The first-order valence-corrected chi connectivity index (χ1v) is 11.1. The number of hydrogen-bond acceptors (Lipinski definition) is 8. The molecule has 1 N–H and O–H groups in total. The van der Waals surface area contributed by atoms with Crippen LogP contribution in [0.3, 0.4) is 0 Å². The van der Waals surface area contributed by atoms with Gasteiger partial charge in [-0.2, -0.15) is 5.10 Å². The maximum atomic E-state index is 14.7. The molecule has 1 aromatic heterocycles. The second-order valence-electron chi connectivity index (χ2n) is 8.42. The number of hydrazone groups is 1. The summed E-state index contributed by atoms with van der Waals surface area (Å²) in [5.74, 6) is 0.415. The summed E-state index contributed by atoms with van der Waals surface area (Å²) < 4.78 is 25.5.